The number of hydrogen-bond acceptors (Lipinski definition) is 9. The number of hydrogen-bond donors (Lipinski definition) is 2. The standard InChI is InChI=1S/C28H34N10O/c1-36-11-13-37(14-12-36)10-9-30-26(39)20-6-7-28(16-20)17-24(28)32-27-31-18-23-25(33-27)38(35-34-23)21-4-5-22-19(15-21)3-2-8-29-22/h2-5,8,15,18,20,24H,6-7,9-14,16-17H2,1H3,(H,30,39)(H,31,32,33)/t20-,24-,28?/m0/s1. The smallest absolute Gasteiger partial charge is 0.225 e. The van der Waals surface area contributed by atoms with Crippen LogP contribution in [-0.2, 0) is 4.79 Å². The molecule has 3 aliphatic rings. The van der Waals surface area contributed by atoms with Gasteiger partial charge in [0.15, 0.2) is 11.2 Å². The highest BCUT2D eigenvalue weighted by molar-refractivity contribution is 5.82. The van der Waals surface area contributed by atoms with E-state index in [2.05, 4.69) is 47.8 Å². The average molecular weight is 527 g/mol. The van der Waals surface area contributed by atoms with Crippen LogP contribution in [-0.4, -0.2) is 98.0 Å². The number of rotatable bonds is 7. The molecule has 2 aliphatic carbocycles. The number of pyridine rings is 1. The predicted molar refractivity (Wildman–Crippen MR) is 149 cm³/mol. The lowest BCUT2D eigenvalue weighted by Crippen LogP contribution is -2.47. The summed E-state index contributed by atoms with van der Waals surface area (Å²) in [5.41, 5.74) is 3.28. The van der Waals surface area contributed by atoms with Crippen LogP contribution in [0.1, 0.15) is 25.7 Å². The van der Waals surface area contributed by atoms with Crippen molar-refractivity contribution in [2.75, 3.05) is 51.6 Å². The van der Waals surface area contributed by atoms with Crippen LogP contribution in [0.5, 0.6) is 0 Å². The summed E-state index contributed by atoms with van der Waals surface area (Å²) < 4.78 is 1.75. The number of fused-ring (bicyclic) bond motifs is 2. The minimum absolute atomic E-state index is 0.0979. The largest absolute Gasteiger partial charge is 0.355 e. The molecule has 3 aromatic heterocycles. The van der Waals surface area contributed by atoms with Gasteiger partial charge >= 0.3 is 0 Å². The van der Waals surface area contributed by atoms with Gasteiger partial charge in [-0.1, -0.05) is 11.3 Å². The zero-order valence-corrected chi connectivity index (χ0v) is 22.3. The van der Waals surface area contributed by atoms with E-state index < -0.39 is 0 Å². The van der Waals surface area contributed by atoms with Gasteiger partial charge in [-0.3, -0.25) is 14.7 Å². The Morgan fingerprint density at radius 2 is 2.00 bits per heavy atom. The highest BCUT2D eigenvalue weighted by Gasteiger charge is 2.58. The highest BCUT2D eigenvalue weighted by Crippen LogP contribution is 2.60. The van der Waals surface area contributed by atoms with Crippen LogP contribution in [0, 0.1) is 11.3 Å². The molecular weight excluding hydrogens is 492 g/mol. The van der Waals surface area contributed by atoms with E-state index in [0.717, 1.165) is 81.5 Å². The first kappa shape index (κ1) is 24.3. The van der Waals surface area contributed by atoms with Crippen molar-refractivity contribution < 1.29 is 4.79 Å². The molecule has 1 unspecified atom stereocenters. The van der Waals surface area contributed by atoms with Crippen LogP contribution in [0.3, 0.4) is 0 Å². The number of carbonyl (C=O) groups is 1. The van der Waals surface area contributed by atoms with Crippen LogP contribution in [0.25, 0.3) is 27.8 Å². The molecule has 1 amide bonds. The molecule has 1 saturated heterocycles. The van der Waals surface area contributed by atoms with Gasteiger partial charge < -0.3 is 15.5 Å². The molecule has 1 spiro atoms. The first-order valence-corrected chi connectivity index (χ1v) is 14.0. The second-order valence-electron chi connectivity index (χ2n) is 11.4. The third-order valence-electron chi connectivity index (χ3n) is 8.85. The van der Waals surface area contributed by atoms with Crippen LogP contribution in [0.15, 0.2) is 42.7 Å². The number of aromatic nitrogens is 6. The fourth-order valence-corrected chi connectivity index (χ4v) is 6.31. The van der Waals surface area contributed by atoms with Gasteiger partial charge in [-0.15, -0.1) is 5.10 Å². The Morgan fingerprint density at radius 3 is 2.90 bits per heavy atom. The number of amides is 1. The van der Waals surface area contributed by atoms with E-state index in [-0.39, 0.29) is 23.3 Å². The fraction of sp³-hybridized carbons (Fsp3) is 0.500. The van der Waals surface area contributed by atoms with E-state index in [1.54, 1.807) is 17.1 Å². The molecule has 2 saturated carbocycles. The van der Waals surface area contributed by atoms with Gasteiger partial charge in [0.1, 0.15) is 0 Å². The molecular formula is C28H34N10O. The summed E-state index contributed by atoms with van der Waals surface area (Å²) in [4.78, 5) is 31.4. The van der Waals surface area contributed by atoms with Crippen molar-refractivity contribution in [3.8, 4) is 5.69 Å². The molecule has 11 heteroatoms. The van der Waals surface area contributed by atoms with Crippen LogP contribution < -0.4 is 10.6 Å². The lowest BCUT2D eigenvalue weighted by molar-refractivity contribution is -0.125. The molecule has 4 heterocycles. The van der Waals surface area contributed by atoms with Crippen molar-refractivity contribution in [3.05, 3.63) is 42.7 Å². The van der Waals surface area contributed by atoms with Gasteiger partial charge in [-0.25, -0.2) is 4.98 Å². The third kappa shape index (κ3) is 4.80. The lowest BCUT2D eigenvalue weighted by atomic mass is 10.0. The minimum Gasteiger partial charge on any atom is -0.355 e. The number of nitrogens with one attached hydrogen (secondary N) is 2. The molecule has 11 nitrogen and oxygen atoms in total. The molecule has 1 aliphatic heterocycles. The summed E-state index contributed by atoms with van der Waals surface area (Å²) in [5.74, 6) is 0.890. The highest BCUT2D eigenvalue weighted by atomic mass is 16.1. The van der Waals surface area contributed by atoms with Crippen LogP contribution in [0.2, 0.25) is 0 Å². The number of benzene rings is 1. The van der Waals surface area contributed by atoms with Gasteiger partial charge in [0.05, 0.1) is 17.4 Å². The normalized spacial score (nSPS) is 25.5. The van der Waals surface area contributed by atoms with Crippen molar-refractivity contribution in [2.24, 2.45) is 11.3 Å². The van der Waals surface area contributed by atoms with Crippen molar-refractivity contribution in [3.63, 3.8) is 0 Å². The maximum Gasteiger partial charge on any atom is 0.225 e. The van der Waals surface area contributed by atoms with E-state index in [9.17, 15) is 4.79 Å². The van der Waals surface area contributed by atoms with Gasteiger partial charge in [0.25, 0.3) is 0 Å². The molecule has 0 radical (unpaired) electrons. The molecule has 0 bridgehead atoms. The van der Waals surface area contributed by atoms with E-state index in [1.807, 2.05) is 30.3 Å². The Kier molecular flexibility index (Phi) is 6.12. The zero-order chi connectivity index (χ0) is 26.4. The molecule has 3 fully saturated rings. The average Bonchev–Trinajstić information content (AvgIpc) is 3.26. The van der Waals surface area contributed by atoms with Crippen molar-refractivity contribution in [1.29, 1.82) is 0 Å². The van der Waals surface area contributed by atoms with Crippen molar-refractivity contribution >= 4 is 33.9 Å². The summed E-state index contributed by atoms with van der Waals surface area (Å²) in [6.45, 7) is 6.03. The maximum absolute atomic E-state index is 12.9. The predicted octanol–water partition coefficient (Wildman–Crippen LogP) is 2.09. The third-order valence-corrected chi connectivity index (χ3v) is 8.85. The topological polar surface area (TPSA) is 117 Å². The quantitative estimate of drug-likeness (QED) is 0.373. The Balaban J connectivity index is 0.971. The van der Waals surface area contributed by atoms with Crippen molar-refractivity contribution in [1.82, 2.24) is 45.1 Å². The van der Waals surface area contributed by atoms with E-state index in [4.69, 9.17) is 4.98 Å². The SMILES string of the molecule is CN1CCN(CCNC(=O)[C@H]2CCC3(C2)C[C@@H]3Nc2ncc3nnn(-c4ccc5ncccc5c4)c3n2)CC1. The van der Waals surface area contributed by atoms with Crippen LogP contribution in [0.4, 0.5) is 5.95 Å². The van der Waals surface area contributed by atoms with Gasteiger partial charge in [0.2, 0.25) is 11.9 Å². The van der Waals surface area contributed by atoms with Crippen molar-refractivity contribution in [2.45, 2.75) is 31.7 Å². The molecule has 2 N–H and O–H groups in total. The molecule has 202 valence electrons. The fourth-order valence-electron chi connectivity index (χ4n) is 6.31. The molecule has 1 aromatic carbocycles. The number of nitrogens with zero attached hydrogens (tertiary/aromatic N) is 8. The minimum atomic E-state index is 0.0979. The summed E-state index contributed by atoms with van der Waals surface area (Å²) in [6.07, 6.45) is 7.50. The Labute approximate surface area is 227 Å². The molecule has 3 atom stereocenters. The van der Waals surface area contributed by atoms with Gasteiger partial charge in [0, 0.05) is 62.8 Å². The molecule has 39 heavy (non-hydrogen) atoms. The summed E-state index contributed by atoms with van der Waals surface area (Å²) >= 11 is 0. The van der Waals surface area contributed by atoms with E-state index in [0.29, 0.717) is 17.1 Å². The summed E-state index contributed by atoms with van der Waals surface area (Å²) in [7, 11) is 2.16. The van der Waals surface area contributed by atoms with Gasteiger partial charge in [-0.2, -0.15) is 9.67 Å². The number of anilines is 1. The Bertz CT molecular complexity index is 1510. The lowest BCUT2D eigenvalue weighted by Gasteiger charge is -2.32. The second kappa shape index (κ2) is 9.80. The summed E-state index contributed by atoms with van der Waals surface area (Å²) in [6, 6.07) is 10.2. The van der Waals surface area contributed by atoms with Crippen LogP contribution >= 0.6 is 0 Å². The summed E-state index contributed by atoms with van der Waals surface area (Å²) in [5, 5.41) is 16.4. The first-order chi connectivity index (χ1) is 19.1. The van der Waals surface area contributed by atoms with Gasteiger partial charge in [-0.05, 0) is 62.4 Å². The maximum atomic E-state index is 12.9. The first-order valence-electron chi connectivity index (χ1n) is 14.0. The number of likely N-dealkylation sites (N-methyl/N-ethyl adjacent to an activating group) is 1. The number of carbonyl (C=O) groups excluding carboxylic acids is 1. The number of piperazine rings is 1. The van der Waals surface area contributed by atoms with E-state index >= 15 is 0 Å². The Morgan fingerprint density at radius 1 is 1.10 bits per heavy atom. The monoisotopic (exact) mass is 526 g/mol. The molecule has 4 aromatic rings. The Hall–Kier alpha value is -3.70. The molecule has 7 rings (SSSR count). The zero-order valence-electron chi connectivity index (χ0n) is 22.3. The second-order valence-corrected chi connectivity index (χ2v) is 11.4. The van der Waals surface area contributed by atoms with E-state index in [1.165, 1.54) is 0 Å².